The Kier molecular flexibility index (Phi) is 5.73. The van der Waals surface area contributed by atoms with Crippen molar-refractivity contribution in [1.29, 1.82) is 0 Å². The lowest BCUT2D eigenvalue weighted by atomic mass is 10.4. The molecule has 0 aliphatic carbocycles. The predicted octanol–water partition coefficient (Wildman–Crippen LogP) is 1.15. The standard InChI is InChI=1S/C10H17N3O2S2/c1-3-11-9-5-4-6-12-10(9)17(14,15)13-7-8-16-2/h4-6,11,13H,3,7-8H2,1-2H3. The lowest BCUT2D eigenvalue weighted by Gasteiger charge is -2.10. The lowest BCUT2D eigenvalue weighted by molar-refractivity contribution is 0.580. The molecule has 17 heavy (non-hydrogen) atoms. The van der Waals surface area contributed by atoms with E-state index in [-0.39, 0.29) is 5.03 Å². The fourth-order valence-corrected chi connectivity index (χ4v) is 2.85. The Labute approximate surface area is 106 Å². The molecule has 0 saturated carbocycles. The third-order valence-electron chi connectivity index (χ3n) is 1.99. The zero-order chi connectivity index (χ0) is 12.7. The van der Waals surface area contributed by atoms with Crippen molar-refractivity contribution in [2.45, 2.75) is 11.9 Å². The number of anilines is 1. The van der Waals surface area contributed by atoms with Gasteiger partial charge >= 0.3 is 0 Å². The summed E-state index contributed by atoms with van der Waals surface area (Å²) in [5.41, 5.74) is 0.534. The summed E-state index contributed by atoms with van der Waals surface area (Å²) in [4.78, 5) is 3.93. The third kappa shape index (κ3) is 4.18. The van der Waals surface area contributed by atoms with Gasteiger partial charge in [-0.2, -0.15) is 11.8 Å². The number of nitrogens with zero attached hydrogens (tertiary/aromatic N) is 1. The number of rotatable bonds is 7. The highest BCUT2D eigenvalue weighted by atomic mass is 32.2. The molecule has 0 radical (unpaired) electrons. The van der Waals surface area contributed by atoms with Gasteiger partial charge in [0.05, 0.1) is 5.69 Å². The summed E-state index contributed by atoms with van der Waals surface area (Å²) in [6, 6.07) is 3.42. The molecular weight excluding hydrogens is 258 g/mol. The van der Waals surface area contributed by atoms with Crippen LogP contribution in [0.4, 0.5) is 5.69 Å². The number of hydrogen-bond acceptors (Lipinski definition) is 5. The van der Waals surface area contributed by atoms with Gasteiger partial charge in [-0.15, -0.1) is 0 Å². The Bertz CT molecular complexity index is 449. The second kappa shape index (κ2) is 6.83. The molecule has 0 atom stereocenters. The molecule has 2 N–H and O–H groups in total. The van der Waals surface area contributed by atoms with Crippen LogP contribution >= 0.6 is 11.8 Å². The van der Waals surface area contributed by atoms with Crippen LogP contribution in [0.5, 0.6) is 0 Å². The van der Waals surface area contributed by atoms with Crippen molar-refractivity contribution >= 4 is 27.5 Å². The zero-order valence-electron chi connectivity index (χ0n) is 9.93. The molecule has 1 aromatic rings. The summed E-state index contributed by atoms with van der Waals surface area (Å²) in [6.45, 7) is 2.97. The van der Waals surface area contributed by atoms with Crippen LogP contribution in [0.15, 0.2) is 23.4 Å². The molecule has 0 fully saturated rings. The number of thioether (sulfide) groups is 1. The maximum atomic E-state index is 12.0. The number of aromatic nitrogens is 1. The van der Waals surface area contributed by atoms with E-state index >= 15 is 0 Å². The van der Waals surface area contributed by atoms with Crippen LogP contribution in [0.2, 0.25) is 0 Å². The van der Waals surface area contributed by atoms with Crippen LogP contribution in [-0.2, 0) is 10.0 Å². The van der Waals surface area contributed by atoms with Crippen LogP contribution in [0, 0.1) is 0 Å². The first-order valence-electron chi connectivity index (χ1n) is 5.29. The van der Waals surface area contributed by atoms with Crippen LogP contribution in [0.25, 0.3) is 0 Å². The van der Waals surface area contributed by atoms with Crippen molar-refractivity contribution in [2.75, 3.05) is 30.4 Å². The van der Waals surface area contributed by atoms with E-state index in [1.54, 1.807) is 23.9 Å². The van der Waals surface area contributed by atoms with Crippen molar-refractivity contribution in [1.82, 2.24) is 9.71 Å². The normalized spacial score (nSPS) is 11.4. The maximum absolute atomic E-state index is 12.0. The number of nitrogens with one attached hydrogen (secondary N) is 2. The quantitative estimate of drug-likeness (QED) is 0.731. The second-order valence-electron chi connectivity index (χ2n) is 3.28. The highest BCUT2D eigenvalue weighted by molar-refractivity contribution is 7.98. The van der Waals surface area contributed by atoms with Gasteiger partial charge in [0.2, 0.25) is 0 Å². The van der Waals surface area contributed by atoms with Gasteiger partial charge in [-0.25, -0.2) is 18.1 Å². The molecule has 1 rings (SSSR count). The molecule has 0 aliphatic rings. The average molecular weight is 275 g/mol. The number of sulfonamides is 1. The van der Waals surface area contributed by atoms with Crippen LogP contribution in [0.3, 0.4) is 0 Å². The first kappa shape index (κ1) is 14.3. The molecule has 0 bridgehead atoms. The summed E-state index contributed by atoms with van der Waals surface area (Å²) < 4.78 is 26.5. The summed E-state index contributed by atoms with van der Waals surface area (Å²) in [6.07, 6.45) is 3.41. The molecular formula is C10H17N3O2S2. The van der Waals surface area contributed by atoms with E-state index in [2.05, 4.69) is 15.0 Å². The summed E-state index contributed by atoms with van der Waals surface area (Å²) >= 11 is 1.59. The molecule has 1 aromatic heterocycles. The molecule has 7 heteroatoms. The Balaban J connectivity index is 2.89. The molecule has 0 amide bonds. The van der Waals surface area contributed by atoms with E-state index in [4.69, 9.17) is 0 Å². The number of hydrogen-bond donors (Lipinski definition) is 2. The Hall–Kier alpha value is -0.790. The minimum absolute atomic E-state index is 0.0583. The average Bonchev–Trinajstić information content (AvgIpc) is 2.30. The van der Waals surface area contributed by atoms with Crippen molar-refractivity contribution in [3.8, 4) is 0 Å². The topological polar surface area (TPSA) is 71.1 Å². The van der Waals surface area contributed by atoms with E-state index in [1.165, 1.54) is 6.20 Å². The van der Waals surface area contributed by atoms with Crippen molar-refractivity contribution in [2.24, 2.45) is 0 Å². The van der Waals surface area contributed by atoms with Gasteiger partial charge in [-0.1, -0.05) is 0 Å². The van der Waals surface area contributed by atoms with Gasteiger partial charge in [-0.05, 0) is 25.3 Å². The molecule has 0 saturated heterocycles. The highest BCUT2D eigenvalue weighted by Crippen LogP contribution is 2.17. The van der Waals surface area contributed by atoms with Gasteiger partial charge in [0.1, 0.15) is 0 Å². The first-order valence-corrected chi connectivity index (χ1v) is 8.17. The summed E-state index contributed by atoms with van der Waals surface area (Å²) in [7, 11) is -3.52. The smallest absolute Gasteiger partial charge is 0.260 e. The SMILES string of the molecule is CCNc1cccnc1S(=O)(=O)NCCSC. The van der Waals surface area contributed by atoms with E-state index in [9.17, 15) is 8.42 Å². The molecule has 0 aromatic carbocycles. The third-order valence-corrected chi connectivity index (χ3v) is 4.02. The minimum Gasteiger partial charge on any atom is -0.383 e. The molecule has 0 aliphatic heterocycles. The largest absolute Gasteiger partial charge is 0.383 e. The van der Waals surface area contributed by atoms with Gasteiger partial charge in [-0.3, -0.25) is 0 Å². The fraction of sp³-hybridized carbons (Fsp3) is 0.500. The van der Waals surface area contributed by atoms with Gasteiger partial charge < -0.3 is 5.32 Å². The van der Waals surface area contributed by atoms with Crippen molar-refractivity contribution in [3.63, 3.8) is 0 Å². The fourth-order valence-electron chi connectivity index (χ4n) is 1.28. The Morgan fingerprint density at radius 1 is 1.47 bits per heavy atom. The zero-order valence-corrected chi connectivity index (χ0v) is 11.6. The van der Waals surface area contributed by atoms with Crippen LogP contribution in [-0.4, -0.2) is 38.5 Å². The molecule has 96 valence electrons. The van der Waals surface area contributed by atoms with Gasteiger partial charge in [0, 0.05) is 25.0 Å². The molecule has 1 heterocycles. The van der Waals surface area contributed by atoms with E-state index in [1.807, 2.05) is 13.2 Å². The highest BCUT2D eigenvalue weighted by Gasteiger charge is 2.18. The van der Waals surface area contributed by atoms with Gasteiger partial charge in [0.15, 0.2) is 5.03 Å². The van der Waals surface area contributed by atoms with Crippen molar-refractivity contribution < 1.29 is 8.42 Å². The molecule has 0 unspecified atom stereocenters. The Morgan fingerprint density at radius 3 is 2.88 bits per heavy atom. The molecule has 0 spiro atoms. The maximum Gasteiger partial charge on any atom is 0.260 e. The second-order valence-corrected chi connectivity index (χ2v) is 5.94. The number of pyridine rings is 1. The lowest BCUT2D eigenvalue weighted by Crippen LogP contribution is -2.27. The minimum atomic E-state index is -3.52. The van der Waals surface area contributed by atoms with Crippen LogP contribution < -0.4 is 10.0 Å². The first-order chi connectivity index (χ1) is 8.11. The van der Waals surface area contributed by atoms with E-state index in [0.29, 0.717) is 18.8 Å². The van der Waals surface area contributed by atoms with Crippen LogP contribution in [0.1, 0.15) is 6.92 Å². The van der Waals surface area contributed by atoms with E-state index in [0.717, 1.165) is 5.75 Å². The Morgan fingerprint density at radius 2 is 2.24 bits per heavy atom. The van der Waals surface area contributed by atoms with E-state index < -0.39 is 10.0 Å². The van der Waals surface area contributed by atoms with Gasteiger partial charge in [0.25, 0.3) is 10.0 Å². The van der Waals surface area contributed by atoms with Crippen molar-refractivity contribution in [3.05, 3.63) is 18.3 Å². The predicted molar refractivity (Wildman–Crippen MR) is 72.0 cm³/mol. The summed E-state index contributed by atoms with van der Waals surface area (Å²) in [5.74, 6) is 0.739. The monoisotopic (exact) mass is 275 g/mol. The summed E-state index contributed by atoms with van der Waals surface area (Å²) in [5, 5.41) is 3.04. The molecule has 5 nitrogen and oxygen atoms in total.